The van der Waals surface area contributed by atoms with Crippen molar-refractivity contribution in [3.05, 3.63) is 119 Å². The number of nitrogens with zero attached hydrogens (tertiary/aromatic N) is 2. The molecule has 1 amide bonds. The van der Waals surface area contributed by atoms with E-state index in [2.05, 4.69) is 0 Å². The van der Waals surface area contributed by atoms with Gasteiger partial charge in [0, 0.05) is 34.3 Å². The van der Waals surface area contributed by atoms with Gasteiger partial charge in [-0.15, -0.1) is 0 Å². The van der Waals surface area contributed by atoms with Crippen molar-refractivity contribution in [1.82, 2.24) is 4.90 Å². The van der Waals surface area contributed by atoms with E-state index in [1.807, 2.05) is 79.5 Å². The van der Waals surface area contributed by atoms with Crippen LogP contribution < -0.4 is 9.64 Å². The zero-order valence-electron chi connectivity index (χ0n) is 21.8. The molecule has 1 spiro atoms. The van der Waals surface area contributed by atoms with E-state index >= 15 is 0 Å². The average molecular weight is 541 g/mol. The monoisotopic (exact) mass is 540 g/mol. The molecule has 7 heteroatoms. The molecule has 1 saturated heterocycles. The maximum Gasteiger partial charge on any atom is 0.253 e. The van der Waals surface area contributed by atoms with Crippen LogP contribution in [-0.4, -0.2) is 36.8 Å². The minimum absolute atomic E-state index is 0.100. The zero-order valence-corrected chi connectivity index (χ0v) is 22.6. The fourth-order valence-electron chi connectivity index (χ4n) is 6.37. The lowest BCUT2D eigenvalue weighted by Gasteiger charge is -2.36. The summed E-state index contributed by atoms with van der Waals surface area (Å²) >= 11 is 6.27. The number of halogens is 1. The highest BCUT2D eigenvalue weighted by Crippen LogP contribution is 2.57. The Balaban J connectivity index is 1.49. The molecule has 198 valence electrons. The first-order valence-corrected chi connectivity index (χ1v) is 13.5. The number of ketones is 1. The van der Waals surface area contributed by atoms with Crippen LogP contribution in [0.2, 0.25) is 5.02 Å². The first-order chi connectivity index (χ1) is 18.9. The number of carbonyl (C=O) groups excluding carboxylic acids is 2. The molecule has 6 rings (SSSR count). The molecule has 3 heterocycles. The topological polar surface area (TPSA) is 63.0 Å². The highest BCUT2D eigenvalue weighted by atomic mass is 35.5. The molecule has 4 aromatic rings. The molecule has 0 aliphatic carbocycles. The van der Waals surface area contributed by atoms with Crippen molar-refractivity contribution in [1.29, 1.82) is 0 Å². The molecule has 0 saturated carbocycles. The molecular formula is C32H29ClN2O4. The number of para-hydroxylation sites is 1. The van der Waals surface area contributed by atoms with Gasteiger partial charge in [-0.25, -0.2) is 0 Å². The molecule has 2 aliphatic rings. The highest BCUT2D eigenvalue weighted by molar-refractivity contribution is 6.30. The van der Waals surface area contributed by atoms with Gasteiger partial charge in [0.25, 0.3) is 5.91 Å². The van der Waals surface area contributed by atoms with Crippen molar-refractivity contribution in [2.75, 3.05) is 25.1 Å². The Morgan fingerprint density at radius 1 is 1.05 bits per heavy atom. The number of benzene rings is 3. The summed E-state index contributed by atoms with van der Waals surface area (Å²) in [6, 6.07) is 26.2. The number of carbonyl (C=O) groups is 2. The molecule has 0 unspecified atom stereocenters. The fourth-order valence-corrected chi connectivity index (χ4v) is 6.58. The van der Waals surface area contributed by atoms with Crippen molar-refractivity contribution in [3.63, 3.8) is 0 Å². The van der Waals surface area contributed by atoms with Crippen LogP contribution in [0.5, 0.6) is 5.75 Å². The Bertz CT molecular complexity index is 1520. The van der Waals surface area contributed by atoms with E-state index < -0.39 is 11.5 Å². The number of ether oxygens (including phenoxy) is 1. The summed E-state index contributed by atoms with van der Waals surface area (Å²) in [4.78, 5) is 33.1. The number of hydrogen-bond donors (Lipinski definition) is 0. The summed E-state index contributed by atoms with van der Waals surface area (Å²) in [5.41, 5.74) is 1.90. The Morgan fingerprint density at radius 3 is 2.56 bits per heavy atom. The Hall–Kier alpha value is -3.87. The predicted octanol–water partition coefficient (Wildman–Crippen LogP) is 6.30. The molecule has 1 fully saturated rings. The molecule has 3 aromatic carbocycles. The number of furan rings is 1. The third-order valence-corrected chi connectivity index (χ3v) is 8.21. The largest absolute Gasteiger partial charge is 0.494 e. The minimum Gasteiger partial charge on any atom is -0.494 e. The number of likely N-dealkylation sites (N-methyl/N-ethyl adjacent to an activating group) is 1. The number of Topliss-reactive ketones (excluding diaryl/α,β-unsaturated/α-hetero) is 1. The molecule has 39 heavy (non-hydrogen) atoms. The van der Waals surface area contributed by atoms with Crippen molar-refractivity contribution in [2.24, 2.45) is 5.92 Å². The van der Waals surface area contributed by atoms with Crippen LogP contribution in [0.15, 0.2) is 95.6 Å². The summed E-state index contributed by atoms with van der Waals surface area (Å²) in [6.07, 6.45) is 1.62. The number of rotatable bonds is 7. The maximum atomic E-state index is 14.7. The average Bonchev–Trinajstić information content (AvgIpc) is 3.64. The van der Waals surface area contributed by atoms with Crippen LogP contribution in [0.1, 0.15) is 40.1 Å². The van der Waals surface area contributed by atoms with E-state index in [1.165, 1.54) is 0 Å². The minimum atomic E-state index is -1.19. The quantitative estimate of drug-likeness (QED) is 0.257. The summed E-state index contributed by atoms with van der Waals surface area (Å²) in [6.45, 7) is 3.30. The second kappa shape index (κ2) is 10.0. The smallest absolute Gasteiger partial charge is 0.253 e. The van der Waals surface area contributed by atoms with Crippen LogP contribution >= 0.6 is 11.6 Å². The number of hydrogen-bond acceptors (Lipinski definition) is 5. The lowest BCUT2D eigenvalue weighted by Crippen LogP contribution is -2.53. The van der Waals surface area contributed by atoms with Crippen molar-refractivity contribution < 1.29 is 18.7 Å². The predicted molar refractivity (Wildman–Crippen MR) is 150 cm³/mol. The lowest BCUT2D eigenvalue weighted by atomic mass is 9.71. The van der Waals surface area contributed by atoms with E-state index in [9.17, 15) is 9.59 Å². The normalized spacial score (nSPS) is 22.4. The Morgan fingerprint density at radius 2 is 1.85 bits per heavy atom. The zero-order chi connectivity index (χ0) is 27.1. The van der Waals surface area contributed by atoms with Crippen LogP contribution in [0.4, 0.5) is 5.69 Å². The molecule has 0 N–H and O–H groups in total. The van der Waals surface area contributed by atoms with E-state index in [4.69, 9.17) is 20.8 Å². The first kappa shape index (κ1) is 25.4. The van der Waals surface area contributed by atoms with Crippen molar-refractivity contribution >= 4 is 29.0 Å². The molecular weight excluding hydrogens is 512 g/mol. The van der Waals surface area contributed by atoms with Crippen molar-refractivity contribution in [2.45, 2.75) is 24.9 Å². The molecule has 1 aromatic heterocycles. The van der Waals surface area contributed by atoms with Crippen LogP contribution in [0.3, 0.4) is 0 Å². The van der Waals surface area contributed by atoms with E-state index in [0.29, 0.717) is 41.8 Å². The van der Waals surface area contributed by atoms with Gasteiger partial charge < -0.3 is 14.1 Å². The van der Waals surface area contributed by atoms with E-state index in [0.717, 1.165) is 16.8 Å². The first-order valence-electron chi connectivity index (χ1n) is 13.1. The summed E-state index contributed by atoms with van der Waals surface area (Å²) in [5, 5.41) is 0.613. The number of anilines is 1. The second-order valence-electron chi connectivity index (χ2n) is 10.1. The number of fused-ring (bicyclic) bond motifs is 2. The van der Waals surface area contributed by atoms with E-state index in [-0.39, 0.29) is 17.6 Å². The second-order valence-corrected chi connectivity index (χ2v) is 10.5. The van der Waals surface area contributed by atoms with Gasteiger partial charge in [0.05, 0.1) is 25.3 Å². The summed E-state index contributed by atoms with van der Waals surface area (Å²) < 4.78 is 11.5. The van der Waals surface area contributed by atoms with Gasteiger partial charge in [-0.2, -0.15) is 0 Å². The molecule has 0 radical (unpaired) electrons. The standard InChI is InChI=1S/C32H29ClN2O4/c1-3-38-24-15-13-22(14-16-24)30(36)29-25(28-12-7-17-39-28)20-34(2)32(29)26-10-4-5-11-27(26)35(31(32)37)19-21-8-6-9-23(33)18-21/h4-18,25,29H,3,19-20H2,1-2H3/t25-,29-,32-/m0/s1. The maximum absolute atomic E-state index is 14.7. The van der Waals surface area contributed by atoms with Gasteiger partial charge >= 0.3 is 0 Å². The third-order valence-electron chi connectivity index (χ3n) is 7.97. The van der Waals surface area contributed by atoms with Crippen LogP contribution in [-0.2, 0) is 16.9 Å². The van der Waals surface area contributed by atoms with Crippen LogP contribution in [0, 0.1) is 5.92 Å². The summed E-state index contributed by atoms with van der Waals surface area (Å²) in [7, 11) is 1.93. The highest BCUT2D eigenvalue weighted by Gasteiger charge is 2.66. The number of likely N-dealkylation sites (tertiary alicyclic amines) is 1. The van der Waals surface area contributed by atoms with Gasteiger partial charge in [0.2, 0.25) is 0 Å². The molecule has 0 bridgehead atoms. The van der Waals surface area contributed by atoms with Gasteiger partial charge in [-0.3, -0.25) is 14.5 Å². The molecule has 6 nitrogen and oxygen atoms in total. The Labute approximate surface area is 232 Å². The van der Waals surface area contributed by atoms with Gasteiger partial charge in [0.1, 0.15) is 17.0 Å². The summed E-state index contributed by atoms with van der Waals surface area (Å²) in [5.74, 6) is 0.157. The van der Waals surface area contributed by atoms with Gasteiger partial charge in [-0.1, -0.05) is 41.9 Å². The third kappa shape index (κ3) is 4.06. The fraction of sp³-hybridized carbons (Fsp3) is 0.250. The number of amides is 1. The SMILES string of the molecule is CCOc1ccc(C(=O)[C@@H]2[C@H](c3ccco3)CN(C)[C@]23C(=O)N(Cc2cccc(Cl)c2)c2ccccc23)cc1. The van der Waals surface area contributed by atoms with Crippen LogP contribution in [0.25, 0.3) is 0 Å². The van der Waals surface area contributed by atoms with Gasteiger partial charge in [0.15, 0.2) is 5.78 Å². The van der Waals surface area contributed by atoms with E-state index in [1.54, 1.807) is 35.4 Å². The Kier molecular flexibility index (Phi) is 6.53. The van der Waals surface area contributed by atoms with Gasteiger partial charge in [-0.05, 0) is 74.1 Å². The lowest BCUT2D eigenvalue weighted by molar-refractivity contribution is -0.129. The van der Waals surface area contributed by atoms with Crippen molar-refractivity contribution in [3.8, 4) is 5.75 Å². The molecule has 2 aliphatic heterocycles. The molecule has 3 atom stereocenters.